The largest absolute Gasteiger partial charge is 0.310 e. The average molecular weight is 216 g/mol. The number of rotatable bonds is 5. The van der Waals surface area contributed by atoms with Crippen LogP contribution in [0.4, 0.5) is 0 Å². The van der Waals surface area contributed by atoms with Gasteiger partial charge in [-0.15, -0.1) is 0 Å². The molecule has 1 aromatic rings. The highest BCUT2D eigenvalue weighted by atomic mass is 14.9. The summed E-state index contributed by atoms with van der Waals surface area (Å²) in [6, 6.07) is 10.5. The number of nitrogens with zero attached hydrogens (tertiary/aromatic N) is 1. The van der Waals surface area contributed by atoms with Crippen molar-refractivity contribution in [1.82, 2.24) is 5.32 Å². The van der Waals surface area contributed by atoms with Gasteiger partial charge >= 0.3 is 0 Å². The lowest BCUT2D eigenvalue weighted by Gasteiger charge is -2.16. The second-order valence-corrected chi connectivity index (χ2v) is 4.68. The quantitative estimate of drug-likeness (QED) is 0.821. The fourth-order valence-corrected chi connectivity index (χ4v) is 1.86. The SMILES string of the molecule is CC(C)C[C@H](C)NCc1ccccc1C#N. The van der Waals surface area contributed by atoms with Crippen LogP contribution >= 0.6 is 0 Å². The zero-order chi connectivity index (χ0) is 12.0. The van der Waals surface area contributed by atoms with Crippen LogP contribution in [-0.2, 0) is 6.54 Å². The summed E-state index contributed by atoms with van der Waals surface area (Å²) in [7, 11) is 0. The Kier molecular flexibility index (Phi) is 5.01. The van der Waals surface area contributed by atoms with Crippen LogP contribution in [0.5, 0.6) is 0 Å². The fourth-order valence-electron chi connectivity index (χ4n) is 1.86. The van der Waals surface area contributed by atoms with Gasteiger partial charge in [0.1, 0.15) is 0 Å². The zero-order valence-electron chi connectivity index (χ0n) is 10.3. The Balaban J connectivity index is 2.52. The van der Waals surface area contributed by atoms with Crippen LogP contribution in [0.2, 0.25) is 0 Å². The lowest BCUT2D eigenvalue weighted by Crippen LogP contribution is -2.27. The van der Waals surface area contributed by atoms with Crippen LogP contribution in [0.1, 0.15) is 38.3 Å². The summed E-state index contributed by atoms with van der Waals surface area (Å²) in [5.41, 5.74) is 1.85. The van der Waals surface area contributed by atoms with Crippen LogP contribution in [0, 0.1) is 17.2 Å². The monoisotopic (exact) mass is 216 g/mol. The van der Waals surface area contributed by atoms with E-state index in [2.05, 4.69) is 32.2 Å². The molecule has 0 heterocycles. The highest BCUT2D eigenvalue weighted by Gasteiger charge is 2.06. The zero-order valence-corrected chi connectivity index (χ0v) is 10.3. The van der Waals surface area contributed by atoms with Crippen molar-refractivity contribution in [2.75, 3.05) is 0 Å². The minimum absolute atomic E-state index is 0.492. The molecule has 0 spiro atoms. The van der Waals surface area contributed by atoms with Crippen LogP contribution in [-0.4, -0.2) is 6.04 Å². The van der Waals surface area contributed by atoms with Crippen molar-refractivity contribution in [1.29, 1.82) is 5.26 Å². The van der Waals surface area contributed by atoms with Crippen molar-refractivity contribution < 1.29 is 0 Å². The number of benzene rings is 1. The molecule has 86 valence electrons. The van der Waals surface area contributed by atoms with E-state index in [1.807, 2.05) is 24.3 Å². The Morgan fingerprint density at radius 3 is 2.56 bits per heavy atom. The fraction of sp³-hybridized carbons (Fsp3) is 0.500. The van der Waals surface area contributed by atoms with Gasteiger partial charge in [-0.3, -0.25) is 0 Å². The van der Waals surface area contributed by atoms with Gasteiger partial charge in [0, 0.05) is 12.6 Å². The molecule has 0 aromatic heterocycles. The summed E-state index contributed by atoms with van der Waals surface area (Å²) in [6.07, 6.45) is 1.16. The van der Waals surface area contributed by atoms with E-state index in [1.165, 1.54) is 0 Å². The molecule has 0 saturated carbocycles. The normalized spacial score (nSPS) is 12.4. The molecule has 1 atom stereocenters. The molecule has 0 fully saturated rings. The van der Waals surface area contributed by atoms with Gasteiger partial charge in [-0.2, -0.15) is 5.26 Å². The molecule has 0 aliphatic rings. The molecule has 0 bridgehead atoms. The number of hydrogen-bond donors (Lipinski definition) is 1. The molecule has 1 rings (SSSR count). The molecule has 0 saturated heterocycles. The van der Waals surface area contributed by atoms with Gasteiger partial charge in [0.15, 0.2) is 0 Å². The van der Waals surface area contributed by atoms with E-state index in [0.29, 0.717) is 12.0 Å². The minimum atomic E-state index is 0.492. The molecule has 2 heteroatoms. The Labute approximate surface area is 98.3 Å². The predicted molar refractivity (Wildman–Crippen MR) is 66.9 cm³/mol. The Morgan fingerprint density at radius 2 is 1.94 bits per heavy atom. The average Bonchev–Trinajstić information content (AvgIpc) is 2.26. The van der Waals surface area contributed by atoms with E-state index in [-0.39, 0.29) is 0 Å². The van der Waals surface area contributed by atoms with E-state index >= 15 is 0 Å². The predicted octanol–water partition coefficient (Wildman–Crippen LogP) is 3.08. The van der Waals surface area contributed by atoms with Crippen LogP contribution in [0.25, 0.3) is 0 Å². The first-order valence-electron chi connectivity index (χ1n) is 5.85. The van der Waals surface area contributed by atoms with Gasteiger partial charge in [-0.1, -0.05) is 32.0 Å². The van der Waals surface area contributed by atoms with Crippen LogP contribution < -0.4 is 5.32 Å². The maximum atomic E-state index is 8.95. The lowest BCUT2D eigenvalue weighted by molar-refractivity contribution is 0.441. The van der Waals surface area contributed by atoms with Gasteiger partial charge in [0.05, 0.1) is 11.6 Å². The summed E-state index contributed by atoms with van der Waals surface area (Å²) < 4.78 is 0. The highest BCUT2D eigenvalue weighted by Crippen LogP contribution is 2.09. The Hall–Kier alpha value is -1.33. The third-order valence-electron chi connectivity index (χ3n) is 2.60. The molecule has 1 aromatic carbocycles. The van der Waals surface area contributed by atoms with Gasteiger partial charge in [0.25, 0.3) is 0 Å². The summed E-state index contributed by atoms with van der Waals surface area (Å²) in [4.78, 5) is 0. The number of nitrogens with one attached hydrogen (secondary N) is 1. The van der Waals surface area contributed by atoms with Gasteiger partial charge in [-0.25, -0.2) is 0 Å². The molecule has 0 aliphatic carbocycles. The van der Waals surface area contributed by atoms with Crippen molar-refractivity contribution in [3.05, 3.63) is 35.4 Å². The highest BCUT2D eigenvalue weighted by molar-refractivity contribution is 5.37. The van der Waals surface area contributed by atoms with Gasteiger partial charge in [-0.05, 0) is 30.9 Å². The van der Waals surface area contributed by atoms with Crippen LogP contribution in [0.3, 0.4) is 0 Å². The van der Waals surface area contributed by atoms with Crippen molar-refractivity contribution in [2.45, 2.75) is 39.8 Å². The van der Waals surface area contributed by atoms with Crippen molar-refractivity contribution in [3.8, 4) is 6.07 Å². The first-order valence-corrected chi connectivity index (χ1v) is 5.85. The topological polar surface area (TPSA) is 35.8 Å². The molecule has 0 amide bonds. The lowest BCUT2D eigenvalue weighted by atomic mass is 10.0. The van der Waals surface area contributed by atoms with E-state index in [1.54, 1.807) is 0 Å². The van der Waals surface area contributed by atoms with E-state index in [9.17, 15) is 0 Å². The summed E-state index contributed by atoms with van der Waals surface area (Å²) in [6.45, 7) is 7.41. The summed E-state index contributed by atoms with van der Waals surface area (Å²) >= 11 is 0. The number of hydrogen-bond acceptors (Lipinski definition) is 2. The van der Waals surface area contributed by atoms with Gasteiger partial charge in [0.2, 0.25) is 0 Å². The molecule has 0 aliphatic heterocycles. The Morgan fingerprint density at radius 1 is 1.25 bits per heavy atom. The molecular weight excluding hydrogens is 196 g/mol. The first-order chi connectivity index (χ1) is 7.63. The van der Waals surface area contributed by atoms with E-state index in [4.69, 9.17) is 5.26 Å². The van der Waals surface area contributed by atoms with E-state index in [0.717, 1.165) is 24.1 Å². The summed E-state index contributed by atoms with van der Waals surface area (Å²) in [5.74, 6) is 0.703. The standard InChI is InChI=1S/C14H20N2/c1-11(2)8-12(3)16-10-14-7-5-4-6-13(14)9-15/h4-7,11-12,16H,8,10H2,1-3H3/t12-/m0/s1. The minimum Gasteiger partial charge on any atom is -0.310 e. The van der Waals surface area contributed by atoms with Crippen molar-refractivity contribution >= 4 is 0 Å². The maximum absolute atomic E-state index is 8.95. The molecule has 1 N–H and O–H groups in total. The van der Waals surface area contributed by atoms with E-state index < -0.39 is 0 Å². The first kappa shape index (κ1) is 12.7. The number of nitriles is 1. The molecule has 0 unspecified atom stereocenters. The molecule has 16 heavy (non-hydrogen) atoms. The second-order valence-electron chi connectivity index (χ2n) is 4.68. The van der Waals surface area contributed by atoms with Crippen molar-refractivity contribution in [2.24, 2.45) is 5.92 Å². The molecular formula is C14H20N2. The van der Waals surface area contributed by atoms with Gasteiger partial charge < -0.3 is 5.32 Å². The third kappa shape index (κ3) is 4.04. The summed E-state index contributed by atoms with van der Waals surface area (Å²) in [5, 5.41) is 12.4. The van der Waals surface area contributed by atoms with Crippen molar-refractivity contribution in [3.63, 3.8) is 0 Å². The third-order valence-corrected chi connectivity index (χ3v) is 2.60. The molecule has 2 nitrogen and oxygen atoms in total. The maximum Gasteiger partial charge on any atom is 0.0995 e. The Bertz CT molecular complexity index is 363. The van der Waals surface area contributed by atoms with Crippen LogP contribution in [0.15, 0.2) is 24.3 Å². The molecule has 0 radical (unpaired) electrons. The smallest absolute Gasteiger partial charge is 0.0995 e. The second kappa shape index (κ2) is 6.30.